The number of hydrogen-bond acceptors (Lipinski definition) is 5. The van der Waals surface area contributed by atoms with Crippen LogP contribution in [0.3, 0.4) is 0 Å². The maximum absolute atomic E-state index is 11.5. The van der Waals surface area contributed by atoms with Gasteiger partial charge in [0.05, 0.1) is 11.6 Å². The molecule has 2 rings (SSSR count). The van der Waals surface area contributed by atoms with Gasteiger partial charge in [0.2, 0.25) is 0 Å². The van der Waals surface area contributed by atoms with Crippen LogP contribution in [0, 0.1) is 5.41 Å². The Balaban J connectivity index is 1.91. The van der Waals surface area contributed by atoms with Crippen LogP contribution in [0.4, 0.5) is 0 Å². The highest BCUT2D eigenvalue weighted by Crippen LogP contribution is 2.29. The van der Waals surface area contributed by atoms with Crippen molar-refractivity contribution in [3.8, 4) is 0 Å². The van der Waals surface area contributed by atoms with Crippen molar-refractivity contribution in [3.05, 3.63) is 16.1 Å². The molecule has 1 aromatic rings. The van der Waals surface area contributed by atoms with Crippen LogP contribution in [-0.2, 0) is 21.5 Å². The number of carbonyl (C=O) groups is 1. The summed E-state index contributed by atoms with van der Waals surface area (Å²) in [6.45, 7) is 8.48. The first kappa shape index (κ1) is 16.4. The Hall–Kier alpha value is -0.980. The smallest absolute Gasteiger partial charge is 0.313 e. The summed E-state index contributed by atoms with van der Waals surface area (Å²) < 4.78 is 5.37. The molecule has 21 heavy (non-hydrogen) atoms. The quantitative estimate of drug-likeness (QED) is 0.873. The van der Waals surface area contributed by atoms with Crippen LogP contribution < -0.4 is 5.32 Å². The molecule has 1 saturated heterocycles. The summed E-state index contributed by atoms with van der Waals surface area (Å²) in [4.78, 5) is 17.1. The maximum Gasteiger partial charge on any atom is 0.313 e. The topological polar surface area (TPSA) is 71.5 Å². The van der Waals surface area contributed by atoms with E-state index in [2.05, 4.69) is 31.1 Å². The Morgan fingerprint density at radius 3 is 2.86 bits per heavy atom. The molecule has 1 aromatic heterocycles. The molecule has 0 spiro atoms. The molecule has 0 bridgehead atoms. The Morgan fingerprint density at radius 2 is 2.33 bits per heavy atom. The van der Waals surface area contributed by atoms with Crippen LogP contribution in [0.1, 0.15) is 43.5 Å². The third-order valence-corrected chi connectivity index (χ3v) is 5.16. The van der Waals surface area contributed by atoms with Crippen molar-refractivity contribution in [2.75, 3.05) is 19.8 Å². The second kappa shape index (κ2) is 6.42. The third-order valence-electron chi connectivity index (χ3n) is 3.73. The minimum absolute atomic E-state index is 0.0580. The predicted octanol–water partition coefficient (Wildman–Crippen LogP) is 2.41. The van der Waals surface area contributed by atoms with E-state index in [0.29, 0.717) is 32.7 Å². The first-order chi connectivity index (χ1) is 9.83. The van der Waals surface area contributed by atoms with Gasteiger partial charge in [-0.25, -0.2) is 4.98 Å². The summed E-state index contributed by atoms with van der Waals surface area (Å²) in [5, 5.41) is 13.8. The number of rotatable bonds is 5. The summed E-state index contributed by atoms with van der Waals surface area (Å²) in [6.07, 6.45) is 3.36. The number of nitrogens with one attached hydrogen (secondary N) is 1. The van der Waals surface area contributed by atoms with Crippen LogP contribution in [0.15, 0.2) is 6.20 Å². The van der Waals surface area contributed by atoms with Crippen molar-refractivity contribution in [1.82, 2.24) is 10.3 Å². The number of aliphatic carboxylic acids is 1. The standard InChI is InChI=1S/C15H24N2O3S/c1-14(2,3)12-17-8-11(21-12)7-16-9-15(13(18)19)5-4-6-20-10-15/h8,16H,4-7,9-10H2,1-3H3,(H,18,19). The van der Waals surface area contributed by atoms with Gasteiger partial charge in [0.15, 0.2) is 0 Å². The highest BCUT2D eigenvalue weighted by Gasteiger charge is 2.40. The molecule has 118 valence electrons. The predicted molar refractivity (Wildman–Crippen MR) is 82.6 cm³/mol. The van der Waals surface area contributed by atoms with E-state index in [1.807, 2.05) is 6.20 Å². The number of carboxylic acid groups (broad SMARTS) is 1. The summed E-state index contributed by atoms with van der Waals surface area (Å²) in [5.74, 6) is -0.769. The summed E-state index contributed by atoms with van der Waals surface area (Å²) in [5.41, 5.74) is -0.724. The molecule has 1 atom stereocenters. The van der Waals surface area contributed by atoms with Gasteiger partial charge in [0.25, 0.3) is 0 Å². The molecule has 2 heterocycles. The summed E-state index contributed by atoms with van der Waals surface area (Å²) in [7, 11) is 0. The van der Waals surface area contributed by atoms with Crippen molar-refractivity contribution in [2.45, 2.75) is 45.6 Å². The number of thiazole rings is 1. The van der Waals surface area contributed by atoms with E-state index in [1.54, 1.807) is 11.3 Å². The van der Waals surface area contributed by atoms with E-state index >= 15 is 0 Å². The molecule has 2 N–H and O–H groups in total. The van der Waals surface area contributed by atoms with E-state index < -0.39 is 11.4 Å². The summed E-state index contributed by atoms with van der Waals surface area (Å²) >= 11 is 1.68. The number of nitrogens with zero attached hydrogens (tertiary/aromatic N) is 1. The number of ether oxygens (including phenoxy) is 1. The lowest BCUT2D eigenvalue weighted by Gasteiger charge is -2.33. The first-order valence-electron chi connectivity index (χ1n) is 7.31. The van der Waals surface area contributed by atoms with Gasteiger partial charge in [-0.05, 0) is 12.8 Å². The zero-order chi connectivity index (χ0) is 15.5. The zero-order valence-electron chi connectivity index (χ0n) is 12.9. The largest absolute Gasteiger partial charge is 0.481 e. The number of carboxylic acids is 1. The minimum atomic E-state index is -0.782. The van der Waals surface area contributed by atoms with Gasteiger partial charge in [-0.3, -0.25) is 4.79 Å². The van der Waals surface area contributed by atoms with E-state index in [4.69, 9.17) is 4.74 Å². The second-order valence-corrected chi connectivity index (χ2v) is 7.84. The fourth-order valence-corrected chi connectivity index (χ4v) is 3.34. The molecule has 1 aliphatic rings. The van der Waals surface area contributed by atoms with Gasteiger partial charge in [0.1, 0.15) is 5.41 Å². The molecule has 0 aliphatic carbocycles. The lowest BCUT2D eigenvalue weighted by atomic mass is 9.82. The van der Waals surface area contributed by atoms with Crippen molar-refractivity contribution >= 4 is 17.3 Å². The van der Waals surface area contributed by atoms with Crippen LogP contribution in [0.25, 0.3) is 0 Å². The lowest BCUT2D eigenvalue weighted by molar-refractivity contribution is -0.156. The molecule has 6 heteroatoms. The third kappa shape index (κ3) is 4.02. The van der Waals surface area contributed by atoms with Gasteiger partial charge in [-0.15, -0.1) is 11.3 Å². The van der Waals surface area contributed by atoms with Gasteiger partial charge in [-0.1, -0.05) is 20.8 Å². The maximum atomic E-state index is 11.5. The molecule has 1 aliphatic heterocycles. The van der Waals surface area contributed by atoms with E-state index in [-0.39, 0.29) is 5.41 Å². The van der Waals surface area contributed by atoms with Crippen LogP contribution in [0.5, 0.6) is 0 Å². The molecule has 1 unspecified atom stereocenters. The highest BCUT2D eigenvalue weighted by molar-refractivity contribution is 7.11. The highest BCUT2D eigenvalue weighted by atomic mass is 32.1. The van der Waals surface area contributed by atoms with Crippen molar-refractivity contribution in [2.24, 2.45) is 5.41 Å². The van der Waals surface area contributed by atoms with Crippen LogP contribution >= 0.6 is 11.3 Å². The Kier molecular flexibility index (Phi) is 5.01. The van der Waals surface area contributed by atoms with Crippen LogP contribution in [-0.4, -0.2) is 35.8 Å². The Morgan fingerprint density at radius 1 is 1.57 bits per heavy atom. The van der Waals surface area contributed by atoms with E-state index in [1.165, 1.54) is 0 Å². The average Bonchev–Trinajstić information content (AvgIpc) is 2.88. The van der Waals surface area contributed by atoms with E-state index in [0.717, 1.165) is 16.3 Å². The number of aromatic nitrogens is 1. The van der Waals surface area contributed by atoms with Crippen molar-refractivity contribution in [1.29, 1.82) is 0 Å². The second-order valence-electron chi connectivity index (χ2n) is 6.73. The van der Waals surface area contributed by atoms with Gasteiger partial charge < -0.3 is 15.2 Å². The normalized spacial score (nSPS) is 23.2. The lowest BCUT2D eigenvalue weighted by Crippen LogP contribution is -2.46. The first-order valence-corrected chi connectivity index (χ1v) is 8.12. The average molecular weight is 312 g/mol. The van der Waals surface area contributed by atoms with Gasteiger partial charge >= 0.3 is 5.97 Å². The molecule has 0 aromatic carbocycles. The molecular formula is C15H24N2O3S. The Bertz CT molecular complexity index is 487. The van der Waals surface area contributed by atoms with Crippen molar-refractivity contribution < 1.29 is 14.6 Å². The summed E-state index contributed by atoms with van der Waals surface area (Å²) in [6, 6.07) is 0. The van der Waals surface area contributed by atoms with Crippen molar-refractivity contribution in [3.63, 3.8) is 0 Å². The van der Waals surface area contributed by atoms with Gasteiger partial charge in [0, 0.05) is 36.2 Å². The Labute approximate surface area is 129 Å². The fourth-order valence-electron chi connectivity index (χ4n) is 2.40. The molecule has 0 saturated carbocycles. The monoisotopic (exact) mass is 312 g/mol. The molecule has 0 radical (unpaired) electrons. The molecule has 5 nitrogen and oxygen atoms in total. The van der Waals surface area contributed by atoms with E-state index in [9.17, 15) is 9.90 Å². The fraction of sp³-hybridized carbons (Fsp3) is 0.733. The molecule has 1 fully saturated rings. The molecule has 0 amide bonds. The van der Waals surface area contributed by atoms with Gasteiger partial charge in [-0.2, -0.15) is 0 Å². The molecular weight excluding hydrogens is 288 g/mol. The zero-order valence-corrected chi connectivity index (χ0v) is 13.8. The van der Waals surface area contributed by atoms with Crippen LogP contribution in [0.2, 0.25) is 0 Å². The number of hydrogen-bond donors (Lipinski definition) is 2. The SMILES string of the molecule is CC(C)(C)c1ncc(CNCC2(C(=O)O)CCCOC2)s1. The minimum Gasteiger partial charge on any atom is -0.481 e.